The van der Waals surface area contributed by atoms with Crippen molar-refractivity contribution in [1.82, 2.24) is 10.6 Å². The van der Waals surface area contributed by atoms with Crippen LogP contribution in [0.5, 0.6) is 0 Å². The van der Waals surface area contributed by atoms with Gasteiger partial charge in [0.2, 0.25) is 5.91 Å². The number of benzene rings is 1. The van der Waals surface area contributed by atoms with Gasteiger partial charge in [0.05, 0.1) is 13.1 Å². The summed E-state index contributed by atoms with van der Waals surface area (Å²) >= 11 is 0. The minimum absolute atomic E-state index is 0.264. The number of primary amides is 1. The normalized spacial score (nSPS) is 13.9. The number of guanidine groups is 1. The molecular weight excluding hydrogens is 344 g/mol. The summed E-state index contributed by atoms with van der Waals surface area (Å²) in [6.07, 6.45) is 0. The van der Waals surface area contributed by atoms with Crippen LogP contribution in [-0.4, -0.2) is 30.1 Å². The molecule has 7 heteroatoms. The Morgan fingerprint density at radius 2 is 2.04 bits per heavy atom. The van der Waals surface area contributed by atoms with Crippen molar-refractivity contribution in [3.63, 3.8) is 0 Å². The van der Waals surface area contributed by atoms with Crippen LogP contribution in [0.2, 0.25) is 0 Å². The van der Waals surface area contributed by atoms with E-state index in [0.717, 1.165) is 16.9 Å². The first-order valence-corrected chi connectivity index (χ1v) is 8.93. The summed E-state index contributed by atoms with van der Waals surface area (Å²) in [5.41, 5.74) is 6.28. The van der Waals surface area contributed by atoms with E-state index in [2.05, 4.69) is 15.6 Å². The molecule has 0 spiro atoms. The topological polar surface area (TPSA) is 113 Å². The molecule has 0 bridgehead atoms. The van der Waals surface area contributed by atoms with Gasteiger partial charge < -0.3 is 25.9 Å². The highest BCUT2D eigenvalue weighted by Gasteiger charge is 2.27. The van der Waals surface area contributed by atoms with Gasteiger partial charge in [-0.1, -0.05) is 12.1 Å². The molecule has 1 heterocycles. The van der Waals surface area contributed by atoms with Crippen molar-refractivity contribution in [2.75, 3.05) is 13.1 Å². The smallest absolute Gasteiger partial charge is 0.248 e. The Balaban J connectivity index is 2.08. The second-order valence-electron chi connectivity index (χ2n) is 6.71. The Hall–Kier alpha value is -2.80. The Kier molecular flexibility index (Phi) is 6.63. The summed E-state index contributed by atoms with van der Waals surface area (Å²) in [7, 11) is 0. The van der Waals surface area contributed by atoms with Crippen LogP contribution < -0.4 is 16.4 Å². The van der Waals surface area contributed by atoms with Crippen LogP contribution in [0.3, 0.4) is 0 Å². The fourth-order valence-electron chi connectivity index (χ4n) is 2.85. The number of carbonyl (C=O) groups excluding carboxylic acids is 1. The number of rotatable bonds is 7. The number of hydrogen-bond acceptors (Lipinski definition) is 4. The first kappa shape index (κ1) is 20.5. The zero-order chi connectivity index (χ0) is 20.0. The Morgan fingerprint density at radius 1 is 1.30 bits per heavy atom. The summed E-state index contributed by atoms with van der Waals surface area (Å²) in [6.45, 7) is 8.71. The number of aryl methyl sites for hydroxylation is 2. The molecule has 0 saturated carbocycles. The highest BCUT2D eigenvalue weighted by atomic mass is 16.3. The Bertz CT molecular complexity index is 824. The van der Waals surface area contributed by atoms with E-state index in [1.54, 1.807) is 25.1 Å². The molecule has 0 saturated heterocycles. The van der Waals surface area contributed by atoms with E-state index >= 15 is 0 Å². The average molecular weight is 372 g/mol. The predicted molar refractivity (Wildman–Crippen MR) is 106 cm³/mol. The Labute approximate surface area is 159 Å². The maximum absolute atomic E-state index is 11.3. The van der Waals surface area contributed by atoms with E-state index in [-0.39, 0.29) is 6.54 Å². The quantitative estimate of drug-likeness (QED) is 0.438. The van der Waals surface area contributed by atoms with Crippen LogP contribution in [-0.2, 0) is 12.1 Å². The Morgan fingerprint density at radius 3 is 2.63 bits per heavy atom. The third-order valence-electron chi connectivity index (χ3n) is 4.20. The van der Waals surface area contributed by atoms with Gasteiger partial charge in [0.15, 0.2) is 5.96 Å². The molecular formula is C20H28N4O3. The van der Waals surface area contributed by atoms with Crippen molar-refractivity contribution < 1.29 is 14.3 Å². The first-order valence-electron chi connectivity index (χ1n) is 8.93. The summed E-state index contributed by atoms with van der Waals surface area (Å²) in [5, 5.41) is 17.1. The summed E-state index contributed by atoms with van der Waals surface area (Å²) in [6, 6.07) is 8.90. The lowest BCUT2D eigenvalue weighted by Crippen LogP contribution is -2.44. The fraction of sp³-hybridized carbons (Fsp3) is 0.400. The lowest BCUT2D eigenvalue weighted by molar-refractivity contribution is 0.0601. The van der Waals surface area contributed by atoms with Gasteiger partial charge in [-0.2, -0.15) is 0 Å². The van der Waals surface area contributed by atoms with Gasteiger partial charge in [0.25, 0.3) is 0 Å². The van der Waals surface area contributed by atoms with Gasteiger partial charge in [-0.3, -0.25) is 4.79 Å². The van der Waals surface area contributed by atoms with Gasteiger partial charge in [-0.15, -0.1) is 0 Å². The van der Waals surface area contributed by atoms with Gasteiger partial charge >= 0.3 is 0 Å². The molecule has 0 aliphatic carbocycles. The van der Waals surface area contributed by atoms with Crippen molar-refractivity contribution in [3.05, 3.63) is 58.5 Å². The van der Waals surface area contributed by atoms with Crippen LogP contribution in [0.15, 0.2) is 39.7 Å². The maximum atomic E-state index is 11.3. The molecule has 1 amide bonds. The van der Waals surface area contributed by atoms with E-state index in [9.17, 15) is 9.90 Å². The second kappa shape index (κ2) is 8.73. The molecule has 0 fully saturated rings. The molecule has 1 atom stereocenters. The summed E-state index contributed by atoms with van der Waals surface area (Å²) in [4.78, 5) is 15.8. The van der Waals surface area contributed by atoms with Crippen molar-refractivity contribution in [2.24, 2.45) is 10.7 Å². The molecule has 0 aliphatic rings. The highest BCUT2D eigenvalue weighted by Crippen LogP contribution is 2.26. The minimum atomic E-state index is -1.11. The molecule has 27 heavy (non-hydrogen) atoms. The average Bonchev–Trinajstić information content (AvgIpc) is 2.97. The lowest BCUT2D eigenvalue weighted by atomic mass is 9.96. The van der Waals surface area contributed by atoms with Gasteiger partial charge in [-0.05, 0) is 51.5 Å². The number of aliphatic hydroxyl groups is 1. The highest BCUT2D eigenvalue weighted by molar-refractivity contribution is 5.92. The van der Waals surface area contributed by atoms with Crippen molar-refractivity contribution >= 4 is 11.9 Å². The van der Waals surface area contributed by atoms with E-state index in [1.807, 2.05) is 32.9 Å². The molecule has 2 rings (SSSR count). The third-order valence-corrected chi connectivity index (χ3v) is 4.20. The molecule has 1 unspecified atom stereocenters. The summed E-state index contributed by atoms with van der Waals surface area (Å²) < 4.78 is 5.52. The van der Waals surface area contributed by atoms with Crippen molar-refractivity contribution in [2.45, 2.75) is 39.8 Å². The van der Waals surface area contributed by atoms with Crippen LogP contribution in [0.1, 0.15) is 46.9 Å². The number of carbonyl (C=O) groups is 1. The molecule has 0 radical (unpaired) electrons. The zero-order valence-corrected chi connectivity index (χ0v) is 16.3. The van der Waals surface area contributed by atoms with Crippen LogP contribution in [0.4, 0.5) is 0 Å². The second-order valence-corrected chi connectivity index (χ2v) is 6.71. The number of amides is 1. The number of nitrogens with two attached hydrogens (primary N) is 1. The first-order chi connectivity index (χ1) is 12.7. The number of furan rings is 1. The molecule has 7 nitrogen and oxygen atoms in total. The van der Waals surface area contributed by atoms with E-state index in [1.165, 1.54) is 0 Å². The largest absolute Gasteiger partial charge is 0.466 e. The standard InChI is InChI=1S/C20H28N4O3/c1-5-22-19(23-11-15-7-6-8-16(10-15)18(21)25)24-12-20(4,26)17-9-13(2)27-14(17)3/h6-10,26H,5,11-12H2,1-4H3,(H2,21,25)(H2,22,23,24). The van der Waals surface area contributed by atoms with Crippen LogP contribution >= 0.6 is 0 Å². The molecule has 0 aliphatic heterocycles. The number of nitrogens with one attached hydrogen (secondary N) is 2. The molecule has 1 aromatic heterocycles. The zero-order valence-electron chi connectivity index (χ0n) is 16.3. The molecule has 146 valence electrons. The molecule has 1 aromatic carbocycles. The fourth-order valence-corrected chi connectivity index (χ4v) is 2.85. The lowest BCUT2D eigenvalue weighted by Gasteiger charge is -2.24. The number of hydrogen-bond donors (Lipinski definition) is 4. The van der Waals surface area contributed by atoms with Crippen LogP contribution in [0.25, 0.3) is 0 Å². The summed E-state index contributed by atoms with van der Waals surface area (Å²) in [5.74, 6) is 1.56. The third kappa shape index (κ3) is 5.59. The number of aliphatic imine (C=N–C) groups is 1. The van der Waals surface area contributed by atoms with E-state index in [4.69, 9.17) is 10.2 Å². The number of nitrogens with zero attached hydrogens (tertiary/aromatic N) is 1. The van der Waals surface area contributed by atoms with Crippen LogP contribution in [0, 0.1) is 13.8 Å². The van der Waals surface area contributed by atoms with E-state index < -0.39 is 11.5 Å². The van der Waals surface area contributed by atoms with Gasteiger partial charge in [0.1, 0.15) is 17.1 Å². The van der Waals surface area contributed by atoms with Gasteiger partial charge in [0, 0.05) is 17.7 Å². The van der Waals surface area contributed by atoms with Crippen molar-refractivity contribution in [3.8, 4) is 0 Å². The minimum Gasteiger partial charge on any atom is -0.466 e. The SMILES string of the molecule is CCNC(=NCc1cccc(C(N)=O)c1)NCC(C)(O)c1cc(C)oc1C. The maximum Gasteiger partial charge on any atom is 0.248 e. The molecule has 2 aromatic rings. The van der Waals surface area contributed by atoms with Gasteiger partial charge in [-0.25, -0.2) is 4.99 Å². The van der Waals surface area contributed by atoms with E-state index in [0.29, 0.717) is 30.4 Å². The predicted octanol–water partition coefficient (Wildman–Crippen LogP) is 1.96. The van der Waals surface area contributed by atoms with Crippen molar-refractivity contribution in [1.29, 1.82) is 0 Å². The molecule has 5 N–H and O–H groups in total. The monoisotopic (exact) mass is 372 g/mol.